The van der Waals surface area contributed by atoms with Gasteiger partial charge in [-0.3, -0.25) is 4.90 Å². The van der Waals surface area contributed by atoms with Crippen molar-refractivity contribution >= 4 is 0 Å². The van der Waals surface area contributed by atoms with Crippen molar-refractivity contribution in [2.24, 2.45) is 0 Å². The first-order valence-electron chi connectivity index (χ1n) is 14.8. The minimum atomic E-state index is 0.300. The largest absolute Gasteiger partial charge is 0.490 e. The summed E-state index contributed by atoms with van der Waals surface area (Å²) >= 11 is 0. The fourth-order valence-corrected chi connectivity index (χ4v) is 6.07. The molecule has 2 heterocycles. The van der Waals surface area contributed by atoms with E-state index in [-0.39, 0.29) is 0 Å². The number of likely N-dealkylation sites (tertiary alicyclic amines) is 2. The maximum Gasteiger partial charge on any atom is 0.119 e. The van der Waals surface area contributed by atoms with E-state index in [1.54, 1.807) is 0 Å². The Morgan fingerprint density at radius 3 is 2.08 bits per heavy atom. The van der Waals surface area contributed by atoms with Crippen molar-refractivity contribution in [1.29, 1.82) is 0 Å². The second-order valence-corrected chi connectivity index (χ2v) is 11.2. The van der Waals surface area contributed by atoms with Crippen LogP contribution >= 0.6 is 0 Å². The van der Waals surface area contributed by atoms with E-state index in [1.807, 2.05) is 0 Å². The van der Waals surface area contributed by atoms with Gasteiger partial charge in [0.15, 0.2) is 0 Å². The molecule has 4 heteroatoms. The minimum absolute atomic E-state index is 0.300. The van der Waals surface area contributed by atoms with Crippen molar-refractivity contribution in [3.63, 3.8) is 0 Å². The molecular formula is C34H45N3O. The van der Waals surface area contributed by atoms with Gasteiger partial charge in [0, 0.05) is 51.2 Å². The van der Waals surface area contributed by atoms with Crippen molar-refractivity contribution in [2.75, 3.05) is 39.3 Å². The molecule has 202 valence electrons. The van der Waals surface area contributed by atoms with E-state index in [4.69, 9.17) is 4.74 Å². The van der Waals surface area contributed by atoms with Gasteiger partial charge in [-0.15, -0.1) is 0 Å². The Balaban J connectivity index is 1.05. The molecule has 2 saturated heterocycles. The zero-order chi connectivity index (χ0) is 26.0. The smallest absolute Gasteiger partial charge is 0.119 e. The van der Waals surface area contributed by atoms with E-state index >= 15 is 0 Å². The Labute approximate surface area is 230 Å². The van der Waals surface area contributed by atoms with E-state index in [0.717, 1.165) is 63.9 Å². The van der Waals surface area contributed by atoms with Crippen molar-refractivity contribution in [3.05, 3.63) is 102 Å². The van der Waals surface area contributed by atoms with E-state index < -0.39 is 0 Å². The summed E-state index contributed by atoms with van der Waals surface area (Å²) in [6.07, 6.45) is 6.55. The first-order valence-corrected chi connectivity index (χ1v) is 14.8. The Morgan fingerprint density at radius 1 is 0.789 bits per heavy atom. The van der Waals surface area contributed by atoms with Crippen molar-refractivity contribution in [3.8, 4) is 5.75 Å². The Morgan fingerprint density at radius 2 is 1.45 bits per heavy atom. The van der Waals surface area contributed by atoms with Crippen LogP contribution in [0.25, 0.3) is 0 Å². The van der Waals surface area contributed by atoms with Gasteiger partial charge >= 0.3 is 0 Å². The average Bonchev–Trinajstić information content (AvgIpc) is 2.97. The van der Waals surface area contributed by atoms with E-state index in [9.17, 15) is 0 Å². The van der Waals surface area contributed by atoms with Gasteiger partial charge in [0.2, 0.25) is 0 Å². The van der Waals surface area contributed by atoms with Gasteiger partial charge in [-0.2, -0.15) is 0 Å². The maximum atomic E-state index is 6.40. The van der Waals surface area contributed by atoms with Crippen LogP contribution in [0.15, 0.2) is 84.9 Å². The molecule has 3 aromatic carbocycles. The number of benzene rings is 3. The van der Waals surface area contributed by atoms with E-state index in [2.05, 4.69) is 107 Å². The van der Waals surface area contributed by atoms with E-state index in [1.165, 1.54) is 42.5 Å². The number of hydrogen-bond donors (Lipinski definition) is 1. The molecule has 3 aromatic rings. The van der Waals surface area contributed by atoms with Crippen molar-refractivity contribution in [1.82, 2.24) is 15.1 Å². The maximum absolute atomic E-state index is 6.40. The minimum Gasteiger partial charge on any atom is -0.490 e. The lowest BCUT2D eigenvalue weighted by Crippen LogP contribution is -2.41. The molecule has 38 heavy (non-hydrogen) atoms. The molecule has 1 unspecified atom stereocenters. The SMILES string of the molecule is CC1CCCCN1CCNCc1ccc(OC2CCN(CC(c3ccccc3)c3ccccc3)CC2)cc1. The van der Waals surface area contributed by atoms with Crippen LogP contribution in [0.3, 0.4) is 0 Å². The normalized spacial score (nSPS) is 19.6. The molecular weight excluding hydrogens is 466 g/mol. The predicted molar refractivity (Wildman–Crippen MR) is 158 cm³/mol. The zero-order valence-corrected chi connectivity index (χ0v) is 23.1. The summed E-state index contributed by atoms with van der Waals surface area (Å²) in [6, 6.07) is 31.4. The Kier molecular flexibility index (Phi) is 9.87. The Hall–Kier alpha value is -2.66. The third-order valence-corrected chi connectivity index (χ3v) is 8.45. The summed E-state index contributed by atoms with van der Waals surface area (Å²) in [6.45, 7) is 9.97. The quantitative estimate of drug-likeness (QED) is 0.305. The lowest BCUT2D eigenvalue weighted by Gasteiger charge is -2.34. The second kappa shape index (κ2) is 13.9. The molecule has 5 rings (SSSR count). The number of nitrogens with one attached hydrogen (secondary N) is 1. The summed E-state index contributed by atoms with van der Waals surface area (Å²) in [5.74, 6) is 1.40. The number of nitrogens with zero attached hydrogens (tertiary/aromatic N) is 2. The van der Waals surface area contributed by atoms with Gasteiger partial charge in [-0.05, 0) is 68.0 Å². The monoisotopic (exact) mass is 511 g/mol. The molecule has 2 aliphatic rings. The van der Waals surface area contributed by atoms with Crippen LogP contribution in [0.1, 0.15) is 61.6 Å². The third kappa shape index (κ3) is 7.69. The molecule has 1 atom stereocenters. The molecule has 2 aliphatic heterocycles. The molecule has 2 fully saturated rings. The van der Waals surface area contributed by atoms with Crippen LogP contribution in [0.4, 0.5) is 0 Å². The summed E-state index contributed by atoms with van der Waals surface area (Å²) in [7, 11) is 0. The second-order valence-electron chi connectivity index (χ2n) is 11.2. The first kappa shape index (κ1) is 26.9. The number of ether oxygens (including phenoxy) is 1. The standard InChI is InChI=1S/C34H45N3O/c1-28-10-8-9-22-37(28)25-21-35-26-29-15-17-32(18-16-29)38-33-19-23-36(24-20-33)27-34(30-11-4-2-5-12-30)31-13-6-3-7-14-31/h2-7,11-18,28,33-35H,8-10,19-27H2,1H3. The topological polar surface area (TPSA) is 27.7 Å². The number of piperidine rings is 2. The molecule has 0 spiro atoms. The van der Waals surface area contributed by atoms with Gasteiger partial charge in [0.05, 0.1) is 0 Å². The molecule has 0 amide bonds. The number of hydrogen-bond acceptors (Lipinski definition) is 4. The van der Waals surface area contributed by atoms with Crippen molar-refractivity contribution in [2.45, 2.75) is 63.6 Å². The molecule has 0 radical (unpaired) electrons. The lowest BCUT2D eigenvalue weighted by molar-refractivity contribution is 0.0988. The average molecular weight is 512 g/mol. The highest BCUT2D eigenvalue weighted by atomic mass is 16.5. The molecule has 0 saturated carbocycles. The summed E-state index contributed by atoms with van der Waals surface area (Å²) in [5.41, 5.74) is 4.12. The van der Waals surface area contributed by atoms with Crippen LogP contribution in [0, 0.1) is 0 Å². The van der Waals surface area contributed by atoms with Crippen LogP contribution in [-0.2, 0) is 6.54 Å². The molecule has 0 aliphatic carbocycles. The first-order chi connectivity index (χ1) is 18.7. The summed E-state index contributed by atoms with van der Waals surface area (Å²) in [4.78, 5) is 5.24. The molecule has 0 aromatic heterocycles. The van der Waals surface area contributed by atoms with Gasteiger partial charge in [0.25, 0.3) is 0 Å². The van der Waals surface area contributed by atoms with Gasteiger partial charge in [-0.25, -0.2) is 0 Å². The van der Waals surface area contributed by atoms with Gasteiger partial charge in [-0.1, -0.05) is 79.2 Å². The molecule has 1 N–H and O–H groups in total. The van der Waals surface area contributed by atoms with Crippen LogP contribution < -0.4 is 10.1 Å². The third-order valence-electron chi connectivity index (χ3n) is 8.45. The highest BCUT2D eigenvalue weighted by molar-refractivity contribution is 5.33. The highest BCUT2D eigenvalue weighted by Crippen LogP contribution is 2.28. The highest BCUT2D eigenvalue weighted by Gasteiger charge is 2.24. The lowest BCUT2D eigenvalue weighted by atomic mass is 9.90. The van der Waals surface area contributed by atoms with Crippen LogP contribution in [-0.4, -0.2) is 61.2 Å². The predicted octanol–water partition coefficient (Wildman–Crippen LogP) is 6.33. The summed E-state index contributed by atoms with van der Waals surface area (Å²) < 4.78 is 6.40. The Bertz CT molecular complexity index is 1020. The van der Waals surface area contributed by atoms with Crippen LogP contribution in [0.5, 0.6) is 5.75 Å². The number of rotatable bonds is 11. The molecule has 0 bridgehead atoms. The van der Waals surface area contributed by atoms with E-state index in [0.29, 0.717) is 12.0 Å². The van der Waals surface area contributed by atoms with Crippen LogP contribution in [0.2, 0.25) is 0 Å². The van der Waals surface area contributed by atoms with Gasteiger partial charge < -0.3 is 15.0 Å². The fourth-order valence-electron chi connectivity index (χ4n) is 6.07. The van der Waals surface area contributed by atoms with Crippen molar-refractivity contribution < 1.29 is 4.74 Å². The fraction of sp³-hybridized carbons (Fsp3) is 0.471. The molecule has 4 nitrogen and oxygen atoms in total. The zero-order valence-electron chi connectivity index (χ0n) is 23.1. The summed E-state index contributed by atoms with van der Waals surface area (Å²) in [5, 5.41) is 3.63. The van der Waals surface area contributed by atoms with Gasteiger partial charge in [0.1, 0.15) is 11.9 Å².